The molecule has 3 aromatic rings. The van der Waals surface area contributed by atoms with Crippen LogP contribution in [0.4, 0.5) is 4.79 Å². The minimum Gasteiger partial charge on any atom is -0.458 e. The van der Waals surface area contributed by atoms with E-state index >= 15 is 0 Å². The second kappa shape index (κ2) is 11.6. The Balaban J connectivity index is 2.06. The van der Waals surface area contributed by atoms with Gasteiger partial charge in [-0.15, -0.1) is 0 Å². The Labute approximate surface area is 220 Å². The van der Waals surface area contributed by atoms with E-state index in [0.717, 1.165) is 16.7 Å². The van der Waals surface area contributed by atoms with Crippen LogP contribution in [0, 0.1) is 0 Å². The topological polar surface area (TPSA) is 73.9 Å². The van der Waals surface area contributed by atoms with E-state index in [0.29, 0.717) is 0 Å². The summed E-state index contributed by atoms with van der Waals surface area (Å²) in [5.74, 6) is -0.610. The van der Waals surface area contributed by atoms with E-state index in [9.17, 15) is 9.59 Å². The zero-order chi connectivity index (χ0) is 27.1. The number of hydrogen-bond acceptors (Lipinski definition) is 5. The summed E-state index contributed by atoms with van der Waals surface area (Å²) in [6.45, 7) is 10.5. The van der Waals surface area contributed by atoms with Crippen LogP contribution in [-0.4, -0.2) is 35.9 Å². The normalized spacial score (nSPS) is 12.9. The number of carbonyl (C=O) groups is 2. The molecule has 1 amide bonds. The van der Waals surface area contributed by atoms with Gasteiger partial charge in [-0.05, 0) is 58.2 Å². The lowest BCUT2D eigenvalue weighted by atomic mass is 9.80. The highest BCUT2D eigenvalue weighted by molar-refractivity contribution is 5.82. The van der Waals surface area contributed by atoms with Crippen LogP contribution in [0.3, 0.4) is 0 Å². The number of esters is 1. The lowest BCUT2D eigenvalue weighted by Gasteiger charge is -2.37. The summed E-state index contributed by atoms with van der Waals surface area (Å²) in [5, 5.41) is 2.66. The maximum atomic E-state index is 13.2. The number of nitrogens with one attached hydrogen (secondary N) is 1. The molecule has 3 aromatic carbocycles. The van der Waals surface area contributed by atoms with Crippen LogP contribution < -0.4 is 5.32 Å². The molecule has 0 bridgehead atoms. The minimum atomic E-state index is -1.11. The highest BCUT2D eigenvalue weighted by atomic mass is 16.6. The first kappa shape index (κ1) is 27.9. The van der Waals surface area contributed by atoms with Crippen molar-refractivity contribution in [2.24, 2.45) is 0 Å². The molecule has 196 valence electrons. The summed E-state index contributed by atoms with van der Waals surface area (Å²) in [6.07, 6.45) is -0.725. The lowest BCUT2D eigenvalue weighted by Crippen LogP contribution is -2.50. The highest BCUT2D eigenvalue weighted by Crippen LogP contribution is 2.40. The minimum absolute atomic E-state index is 0.160. The average Bonchev–Trinajstić information content (AvgIpc) is 2.83. The van der Waals surface area contributed by atoms with Crippen molar-refractivity contribution in [3.8, 4) is 0 Å². The Morgan fingerprint density at radius 2 is 1.03 bits per heavy atom. The molecule has 0 saturated heterocycles. The summed E-state index contributed by atoms with van der Waals surface area (Å²) in [4.78, 5) is 25.9. The van der Waals surface area contributed by atoms with Gasteiger partial charge in [0.05, 0.1) is 6.61 Å². The van der Waals surface area contributed by atoms with Crippen molar-refractivity contribution in [3.63, 3.8) is 0 Å². The van der Waals surface area contributed by atoms with Crippen LogP contribution in [0.15, 0.2) is 91.0 Å². The van der Waals surface area contributed by atoms with Crippen molar-refractivity contribution in [1.82, 2.24) is 5.32 Å². The van der Waals surface area contributed by atoms with Gasteiger partial charge in [0.1, 0.15) is 16.8 Å². The van der Waals surface area contributed by atoms with Gasteiger partial charge in [-0.3, -0.25) is 0 Å². The Morgan fingerprint density at radius 1 is 0.649 bits per heavy atom. The van der Waals surface area contributed by atoms with Crippen molar-refractivity contribution in [2.75, 3.05) is 6.61 Å². The molecule has 37 heavy (non-hydrogen) atoms. The van der Waals surface area contributed by atoms with Gasteiger partial charge in [-0.1, -0.05) is 91.0 Å². The van der Waals surface area contributed by atoms with Gasteiger partial charge in [0.2, 0.25) is 0 Å². The van der Waals surface area contributed by atoms with Gasteiger partial charge in [0.25, 0.3) is 0 Å². The monoisotopic (exact) mass is 503 g/mol. The predicted molar refractivity (Wildman–Crippen MR) is 144 cm³/mol. The number of ether oxygens (including phenoxy) is 3. The van der Waals surface area contributed by atoms with Gasteiger partial charge in [0, 0.05) is 0 Å². The van der Waals surface area contributed by atoms with Gasteiger partial charge in [-0.2, -0.15) is 0 Å². The molecule has 1 atom stereocenters. The molecule has 0 heterocycles. The lowest BCUT2D eigenvalue weighted by molar-refractivity contribution is -0.160. The molecule has 0 aliphatic carbocycles. The molecule has 3 rings (SSSR count). The molecular weight excluding hydrogens is 466 g/mol. The molecule has 0 aliphatic rings. The highest BCUT2D eigenvalue weighted by Gasteiger charge is 2.40. The van der Waals surface area contributed by atoms with Crippen molar-refractivity contribution in [1.29, 1.82) is 0 Å². The second-order valence-corrected chi connectivity index (χ2v) is 10.8. The summed E-state index contributed by atoms with van der Waals surface area (Å²) in [5.41, 5.74) is 0.110. The molecule has 0 aromatic heterocycles. The summed E-state index contributed by atoms with van der Waals surface area (Å²) in [6, 6.07) is 28.3. The fourth-order valence-corrected chi connectivity index (χ4v) is 3.97. The van der Waals surface area contributed by atoms with Crippen molar-refractivity contribution in [3.05, 3.63) is 108 Å². The van der Waals surface area contributed by atoms with E-state index in [1.165, 1.54) is 0 Å². The molecular formula is C31H37NO5. The Hall–Kier alpha value is -3.64. The Bertz CT molecular complexity index is 1050. The summed E-state index contributed by atoms with van der Waals surface area (Å²) < 4.78 is 17.8. The molecule has 0 aliphatic heterocycles. The number of hydrogen-bond donors (Lipinski definition) is 1. The third kappa shape index (κ3) is 7.67. The zero-order valence-electron chi connectivity index (χ0n) is 22.5. The first-order valence-electron chi connectivity index (χ1n) is 12.4. The van der Waals surface area contributed by atoms with Crippen LogP contribution in [0.1, 0.15) is 58.2 Å². The second-order valence-electron chi connectivity index (χ2n) is 10.8. The number of rotatable bonds is 8. The molecule has 0 fully saturated rings. The van der Waals surface area contributed by atoms with Crippen molar-refractivity contribution in [2.45, 2.75) is 64.4 Å². The van der Waals surface area contributed by atoms with Crippen LogP contribution >= 0.6 is 0 Å². The number of amides is 1. The van der Waals surface area contributed by atoms with Gasteiger partial charge in [0.15, 0.2) is 6.04 Å². The first-order chi connectivity index (χ1) is 17.4. The molecule has 0 radical (unpaired) electrons. The predicted octanol–water partition coefficient (Wildman–Crippen LogP) is 6.23. The van der Waals surface area contributed by atoms with E-state index in [2.05, 4.69) is 5.32 Å². The Morgan fingerprint density at radius 3 is 1.38 bits per heavy atom. The smallest absolute Gasteiger partial charge is 0.408 e. The third-order valence-electron chi connectivity index (χ3n) is 5.39. The molecule has 0 saturated carbocycles. The van der Waals surface area contributed by atoms with Gasteiger partial charge >= 0.3 is 12.1 Å². The molecule has 6 nitrogen and oxygen atoms in total. The number of carbonyl (C=O) groups excluding carboxylic acids is 2. The molecule has 0 spiro atoms. The zero-order valence-corrected chi connectivity index (χ0v) is 22.5. The van der Waals surface area contributed by atoms with E-state index < -0.39 is 34.9 Å². The van der Waals surface area contributed by atoms with E-state index in [1.54, 1.807) is 41.5 Å². The first-order valence-corrected chi connectivity index (χ1v) is 12.4. The largest absolute Gasteiger partial charge is 0.458 e. The SMILES string of the molecule is CC(C)(C)OC(=O)N[C@@H](COC(c1ccccc1)(c1ccccc1)c1ccccc1)C(=O)OC(C)(C)C. The standard InChI is InChI=1S/C31H37NO5/c1-29(2,3)36-27(33)26(32-28(34)37-30(4,5)6)22-35-31(23-16-10-7-11-17-23,24-18-12-8-13-19-24)25-20-14-9-15-21-25/h7-21,26H,22H2,1-6H3,(H,32,34)/t26-/m0/s1. The molecule has 6 heteroatoms. The van der Waals surface area contributed by atoms with E-state index in [1.807, 2.05) is 91.0 Å². The molecule has 1 N–H and O–H groups in total. The van der Waals surface area contributed by atoms with Crippen LogP contribution in [0.2, 0.25) is 0 Å². The van der Waals surface area contributed by atoms with E-state index in [4.69, 9.17) is 14.2 Å². The van der Waals surface area contributed by atoms with Gasteiger partial charge in [-0.25, -0.2) is 9.59 Å². The quantitative estimate of drug-likeness (QED) is 0.291. The van der Waals surface area contributed by atoms with Crippen LogP contribution in [-0.2, 0) is 24.6 Å². The average molecular weight is 504 g/mol. The van der Waals surface area contributed by atoms with Gasteiger partial charge < -0.3 is 19.5 Å². The van der Waals surface area contributed by atoms with Crippen LogP contribution in [0.5, 0.6) is 0 Å². The summed E-state index contributed by atoms with van der Waals surface area (Å²) in [7, 11) is 0. The number of alkyl carbamates (subject to hydrolysis) is 1. The van der Waals surface area contributed by atoms with Crippen molar-refractivity contribution >= 4 is 12.1 Å². The fraction of sp³-hybridized carbons (Fsp3) is 0.355. The number of benzene rings is 3. The maximum Gasteiger partial charge on any atom is 0.408 e. The Kier molecular flexibility index (Phi) is 8.77. The fourth-order valence-electron chi connectivity index (χ4n) is 3.97. The molecule has 0 unspecified atom stereocenters. The van der Waals surface area contributed by atoms with Crippen LogP contribution in [0.25, 0.3) is 0 Å². The summed E-state index contributed by atoms with van der Waals surface area (Å²) >= 11 is 0. The third-order valence-corrected chi connectivity index (χ3v) is 5.39. The van der Waals surface area contributed by atoms with Crippen molar-refractivity contribution < 1.29 is 23.8 Å². The maximum absolute atomic E-state index is 13.2. The van der Waals surface area contributed by atoms with E-state index in [-0.39, 0.29) is 6.61 Å².